The minimum absolute atomic E-state index is 0.0672. The second-order valence-corrected chi connectivity index (χ2v) is 4.37. The van der Waals surface area contributed by atoms with E-state index in [0.29, 0.717) is 12.8 Å². The van der Waals surface area contributed by atoms with Crippen molar-refractivity contribution in [1.82, 2.24) is 4.90 Å². The first-order chi connectivity index (χ1) is 7.67. The Balaban J connectivity index is 2.86. The van der Waals surface area contributed by atoms with Crippen LogP contribution in [0.4, 0.5) is 13.2 Å². The summed E-state index contributed by atoms with van der Waals surface area (Å²) in [7, 11) is 0. The molecule has 1 rings (SSSR count). The lowest BCUT2D eigenvalue weighted by molar-refractivity contribution is -0.174. The molecule has 1 aliphatic rings. The van der Waals surface area contributed by atoms with Crippen LogP contribution in [0.25, 0.3) is 0 Å². The zero-order valence-corrected chi connectivity index (χ0v) is 9.38. The van der Waals surface area contributed by atoms with E-state index >= 15 is 0 Å². The summed E-state index contributed by atoms with van der Waals surface area (Å²) in [5.41, 5.74) is -1.51. The van der Waals surface area contributed by atoms with E-state index < -0.39 is 30.0 Å². The second kappa shape index (κ2) is 4.54. The van der Waals surface area contributed by atoms with Crippen LogP contribution in [0.15, 0.2) is 0 Å². The third-order valence-corrected chi connectivity index (χ3v) is 3.00. The van der Waals surface area contributed by atoms with E-state index in [2.05, 4.69) is 0 Å². The van der Waals surface area contributed by atoms with Gasteiger partial charge < -0.3 is 10.0 Å². The van der Waals surface area contributed by atoms with Gasteiger partial charge in [0.2, 0.25) is 5.91 Å². The minimum atomic E-state index is -4.60. The molecule has 1 N–H and O–H groups in total. The predicted octanol–water partition coefficient (Wildman–Crippen LogP) is 1.79. The number of carboxylic acids is 1. The lowest BCUT2D eigenvalue weighted by Gasteiger charge is -2.41. The number of piperidine rings is 1. The Morgan fingerprint density at radius 2 is 1.94 bits per heavy atom. The highest BCUT2D eigenvalue weighted by Gasteiger charge is 2.46. The minimum Gasteiger partial charge on any atom is -0.480 e. The van der Waals surface area contributed by atoms with Crippen molar-refractivity contribution < 1.29 is 27.9 Å². The Morgan fingerprint density at radius 1 is 1.35 bits per heavy atom. The lowest BCUT2D eigenvalue weighted by atomic mass is 9.88. The second-order valence-electron chi connectivity index (χ2n) is 4.37. The van der Waals surface area contributed by atoms with Gasteiger partial charge in [0.15, 0.2) is 0 Å². The number of halogens is 3. The summed E-state index contributed by atoms with van der Waals surface area (Å²) in [6.45, 7) is 1.36. The van der Waals surface area contributed by atoms with Crippen molar-refractivity contribution >= 4 is 11.9 Å². The zero-order valence-electron chi connectivity index (χ0n) is 9.38. The van der Waals surface area contributed by atoms with E-state index in [4.69, 9.17) is 5.11 Å². The Kier molecular flexibility index (Phi) is 3.68. The van der Waals surface area contributed by atoms with Crippen LogP contribution >= 0.6 is 0 Å². The van der Waals surface area contributed by atoms with Gasteiger partial charge in [0.25, 0.3) is 0 Å². The molecule has 1 atom stereocenters. The number of hydrogen-bond donors (Lipinski definition) is 1. The third kappa shape index (κ3) is 3.10. The summed E-state index contributed by atoms with van der Waals surface area (Å²) in [5, 5.41) is 9.04. The van der Waals surface area contributed by atoms with Gasteiger partial charge in [-0.25, -0.2) is 4.79 Å². The van der Waals surface area contributed by atoms with E-state index in [9.17, 15) is 22.8 Å². The fourth-order valence-corrected chi connectivity index (χ4v) is 2.01. The Labute approximate surface area is 96.4 Å². The number of carbonyl (C=O) groups is 2. The van der Waals surface area contributed by atoms with Crippen molar-refractivity contribution in [2.24, 2.45) is 0 Å². The van der Waals surface area contributed by atoms with Crippen molar-refractivity contribution in [3.63, 3.8) is 0 Å². The molecule has 1 fully saturated rings. The van der Waals surface area contributed by atoms with Gasteiger partial charge in [0.1, 0.15) is 12.0 Å². The number of rotatable bonds is 2. The highest BCUT2D eigenvalue weighted by Crippen LogP contribution is 2.31. The SMILES string of the molecule is CC1(C(=O)O)CCCCN1C(=O)CC(F)(F)F. The molecule has 0 radical (unpaired) electrons. The van der Waals surface area contributed by atoms with Gasteiger partial charge in [-0.3, -0.25) is 4.79 Å². The zero-order chi connectivity index (χ0) is 13.3. The quantitative estimate of drug-likeness (QED) is 0.816. The molecule has 1 saturated heterocycles. The molecule has 4 nitrogen and oxygen atoms in total. The van der Waals surface area contributed by atoms with Crippen LogP contribution < -0.4 is 0 Å². The number of amides is 1. The number of carbonyl (C=O) groups excluding carboxylic acids is 1. The van der Waals surface area contributed by atoms with Crippen LogP contribution in [0.5, 0.6) is 0 Å². The van der Waals surface area contributed by atoms with E-state index in [-0.39, 0.29) is 13.0 Å². The van der Waals surface area contributed by atoms with Crippen molar-refractivity contribution in [2.75, 3.05) is 6.54 Å². The molecule has 0 aromatic carbocycles. The molecular weight excluding hydrogens is 239 g/mol. The van der Waals surface area contributed by atoms with E-state index in [0.717, 1.165) is 4.90 Å². The van der Waals surface area contributed by atoms with Crippen molar-refractivity contribution in [2.45, 2.75) is 44.3 Å². The molecule has 1 aliphatic heterocycles. The Bertz CT molecular complexity index is 329. The molecule has 7 heteroatoms. The first kappa shape index (κ1) is 13.8. The maximum atomic E-state index is 12.1. The van der Waals surface area contributed by atoms with Gasteiger partial charge in [-0.2, -0.15) is 13.2 Å². The third-order valence-electron chi connectivity index (χ3n) is 3.00. The molecule has 0 aromatic heterocycles. The molecule has 0 aromatic rings. The number of aliphatic carboxylic acids is 1. The highest BCUT2D eigenvalue weighted by atomic mass is 19.4. The van der Waals surface area contributed by atoms with Crippen molar-refractivity contribution in [3.05, 3.63) is 0 Å². The molecule has 0 aliphatic carbocycles. The average Bonchev–Trinajstić information content (AvgIpc) is 2.15. The summed E-state index contributed by atoms with van der Waals surface area (Å²) in [6.07, 6.45) is -4.89. The van der Waals surface area contributed by atoms with Crippen LogP contribution in [0.1, 0.15) is 32.6 Å². The van der Waals surface area contributed by atoms with E-state index in [1.54, 1.807) is 0 Å². The summed E-state index contributed by atoms with van der Waals surface area (Å²) in [5.74, 6) is -2.42. The molecule has 0 spiro atoms. The van der Waals surface area contributed by atoms with Gasteiger partial charge in [0.05, 0.1) is 0 Å². The fraction of sp³-hybridized carbons (Fsp3) is 0.800. The molecule has 0 saturated carbocycles. The lowest BCUT2D eigenvalue weighted by Crippen LogP contribution is -2.58. The van der Waals surface area contributed by atoms with E-state index in [1.807, 2.05) is 0 Å². The number of hydrogen-bond acceptors (Lipinski definition) is 2. The highest BCUT2D eigenvalue weighted by molar-refractivity contribution is 5.87. The monoisotopic (exact) mass is 253 g/mol. The first-order valence-corrected chi connectivity index (χ1v) is 5.27. The van der Waals surface area contributed by atoms with Gasteiger partial charge in [-0.15, -0.1) is 0 Å². The maximum Gasteiger partial charge on any atom is 0.397 e. The van der Waals surface area contributed by atoms with E-state index in [1.165, 1.54) is 6.92 Å². The topological polar surface area (TPSA) is 57.6 Å². The van der Waals surface area contributed by atoms with Crippen molar-refractivity contribution in [3.8, 4) is 0 Å². The first-order valence-electron chi connectivity index (χ1n) is 5.27. The van der Waals surface area contributed by atoms with Crippen LogP contribution in [0.2, 0.25) is 0 Å². The van der Waals surface area contributed by atoms with Gasteiger partial charge in [0, 0.05) is 6.54 Å². The van der Waals surface area contributed by atoms with Gasteiger partial charge >= 0.3 is 12.1 Å². The number of likely N-dealkylation sites (tertiary alicyclic amines) is 1. The molecular formula is C10H14F3NO3. The molecule has 1 heterocycles. The summed E-state index contributed by atoms with van der Waals surface area (Å²) in [6, 6.07) is 0. The fourth-order valence-electron chi connectivity index (χ4n) is 2.01. The molecule has 1 unspecified atom stereocenters. The van der Waals surface area contributed by atoms with Crippen LogP contribution in [-0.4, -0.2) is 40.1 Å². The van der Waals surface area contributed by atoms with Crippen molar-refractivity contribution in [1.29, 1.82) is 0 Å². The van der Waals surface area contributed by atoms with Crippen LogP contribution in [0.3, 0.4) is 0 Å². The summed E-state index contributed by atoms with van der Waals surface area (Å²) < 4.78 is 36.4. The predicted molar refractivity (Wildman–Crippen MR) is 52.3 cm³/mol. The molecule has 17 heavy (non-hydrogen) atoms. The normalized spacial score (nSPS) is 25.8. The van der Waals surface area contributed by atoms with Crippen LogP contribution in [-0.2, 0) is 9.59 Å². The largest absolute Gasteiger partial charge is 0.480 e. The van der Waals surface area contributed by atoms with Gasteiger partial charge in [-0.1, -0.05) is 0 Å². The maximum absolute atomic E-state index is 12.1. The van der Waals surface area contributed by atoms with Crippen LogP contribution in [0, 0.1) is 0 Å². The Hall–Kier alpha value is -1.27. The number of alkyl halides is 3. The number of nitrogens with zero attached hydrogens (tertiary/aromatic N) is 1. The van der Waals surface area contributed by atoms with Gasteiger partial charge in [-0.05, 0) is 26.2 Å². The molecule has 1 amide bonds. The average molecular weight is 253 g/mol. The smallest absolute Gasteiger partial charge is 0.397 e. The summed E-state index contributed by atoms with van der Waals surface area (Å²) in [4.78, 5) is 23.4. The summed E-state index contributed by atoms with van der Waals surface area (Å²) >= 11 is 0. The standard InChI is InChI=1S/C10H14F3NO3/c1-9(8(16)17)4-2-3-5-14(9)7(15)6-10(11,12)13/h2-6H2,1H3,(H,16,17). The number of carboxylic acid groups (broad SMARTS) is 1. The molecule has 0 bridgehead atoms. The molecule has 98 valence electrons. The Morgan fingerprint density at radius 3 is 2.41 bits per heavy atom.